The van der Waals surface area contributed by atoms with Crippen LogP contribution in [-0.2, 0) is 13.1 Å². The normalized spacial score (nSPS) is 24.6. The summed E-state index contributed by atoms with van der Waals surface area (Å²) in [5.74, 6) is 1.63. The summed E-state index contributed by atoms with van der Waals surface area (Å²) in [7, 11) is 0. The summed E-state index contributed by atoms with van der Waals surface area (Å²) >= 11 is 0. The number of hydrogen-bond acceptors (Lipinski definition) is 3. The van der Waals surface area contributed by atoms with Crippen LogP contribution in [0.2, 0.25) is 0 Å². The summed E-state index contributed by atoms with van der Waals surface area (Å²) in [5.41, 5.74) is 2.35. The maximum Gasteiger partial charge on any atom is 0.0547 e. The zero-order valence-electron chi connectivity index (χ0n) is 11.8. The van der Waals surface area contributed by atoms with Crippen LogP contribution < -0.4 is 5.32 Å². The summed E-state index contributed by atoms with van der Waals surface area (Å²) in [6, 6.07) is 6.36. The Balaban J connectivity index is 1.93. The van der Waals surface area contributed by atoms with Crippen LogP contribution in [0.3, 0.4) is 0 Å². The van der Waals surface area contributed by atoms with Gasteiger partial charge in [0.2, 0.25) is 0 Å². The van der Waals surface area contributed by atoms with Gasteiger partial charge in [-0.05, 0) is 30.5 Å². The lowest BCUT2D eigenvalue weighted by Crippen LogP contribution is -2.21. The fraction of sp³-hybridized carbons (Fsp3) is 0.667. The van der Waals surface area contributed by atoms with Gasteiger partial charge in [0.15, 0.2) is 0 Å². The van der Waals surface area contributed by atoms with Crippen LogP contribution in [-0.4, -0.2) is 29.5 Å². The molecule has 1 N–H and O–H groups in total. The minimum absolute atomic E-state index is 0.815. The van der Waals surface area contributed by atoms with Crippen LogP contribution in [0.1, 0.15) is 32.2 Å². The van der Waals surface area contributed by atoms with Crippen molar-refractivity contribution < 1.29 is 0 Å². The molecule has 3 nitrogen and oxygen atoms in total. The third-order valence-corrected chi connectivity index (χ3v) is 3.87. The van der Waals surface area contributed by atoms with E-state index in [0.29, 0.717) is 0 Å². The molecule has 18 heavy (non-hydrogen) atoms. The van der Waals surface area contributed by atoms with Crippen molar-refractivity contribution in [3.8, 4) is 0 Å². The second-order valence-corrected chi connectivity index (χ2v) is 5.55. The van der Waals surface area contributed by atoms with Crippen LogP contribution in [0.15, 0.2) is 18.2 Å². The Morgan fingerprint density at radius 1 is 1.22 bits per heavy atom. The standard InChI is InChI=1S/C15H25N3/c1-4-16-8-14-6-5-7-15(17-14)11-18-9-12(2)13(3)10-18/h5-7,12-13,16H,4,8-11H2,1-3H3. The van der Waals surface area contributed by atoms with Crippen LogP contribution in [0.5, 0.6) is 0 Å². The number of nitrogens with one attached hydrogen (secondary N) is 1. The Hall–Kier alpha value is -0.930. The zero-order valence-corrected chi connectivity index (χ0v) is 11.8. The Labute approximate surface area is 111 Å². The number of hydrogen-bond donors (Lipinski definition) is 1. The van der Waals surface area contributed by atoms with Crippen molar-refractivity contribution >= 4 is 0 Å². The van der Waals surface area contributed by atoms with E-state index in [1.807, 2.05) is 0 Å². The molecule has 1 aliphatic heterocycles. The molecule has 3 heteroatoms. The highest BCUT2D eigenvalue weighted by atomic mass is 15.2. The maximum absolute atomic E-state index is 4.72. The molecule has 2 atom stereocenters. The van der Waals surface area contributed by atoms with Gasteiger partial charge in [-0.15, -0.1) is 0 Å². The molecule has 2 rings (SSSR count). The van der Waals surface area contributed by atoms with E-state index in [4.69, 9.17) is 4.98 Å². The van der Waals surface area contributed by atoms with Gasteiger partial charge in [-0.2, -0.15) is 0 Å². The molecule has 1 saturated heterocycles. The van der Waals surface area contributed by atoms with E-state index in [-0.39, 0.29) is 0 Å². The molecule has 2 heterocycles. The van der Waals surface area contributed by atoms with Gasteiger partial charge in [0.1, 0.15) is 0 Å². The van der Waals surface area contributed by atoms with Gasteiger partial charge in [0.05, 0.1) is 11.4 Å². The van der Waals surface area contributed by atoms with E-state index in [9.17, 15) is 0 Å². The first kappa shape index (κ1) is 13.5. The minimum atomic E-state index is 0.815. The van der Waals surface area contributed by atoms with E-state index in [1.54, 1.807) is 0 Å². The quantitative estimate of drug-likeness (QED) is 0.865. The molecule has 1 aromatic heterocycles. The van der Waals surface area contributed by atoms with E-state index in [2.05, 4.69) is 49.2 Å². The van der Waals surface area contributed by atoms with Gasteiger partial charge in [-0.3, -0.25) is 9.88 Å². The maximum atomic E-state index is 4.72. The predicted molar refractivity (Wildman–Crippen MR) is 75.2 cm³/mol. The molecular weight excluding hydrogens is 222 g/mol. The molecule has 2 unspecified atom stereocenters. The highest BCUT2D eigenvalue weighted by Gasteiger charge is 2.25. The predicted octanol–water partition coefficient (Wildman–Crippen LogP) is 2.28. The highest BCUT2D eigenvalue weighted by Crippen LogP contribution is 2.23. The van der Waals surface area contributed by atoms with Gasteiger partial charge in [-0.1, -0.05) is 26.8 Å². The molecule has 0 aromatic carbocycles. The van der Waals surface area contributed by atoms with Gasteiger partial charge in [0.25, 0.3) is 0 Å². The Morgan fingerprint density at radius 2 is 1.89 bits per heavy atom. The van der Waals surface area contributed by atoms with E-state index < -0.39 is 0 Å². The number of pyridine rings is 1. The lowest BCUT2D eigenvalue weighted by molar-refractivity contribution is 0.312. The molecule has 0 amide bonds. The van der Waals surface area contributed by atoms with Crippen LogP contribution in [0, 0.1) is 11.8 Å². The topological polar surface area (TPSA) is 28.2 Å². The molecule has 1 aliphatic rings. The molecule has 1 aromatic rings. The van der Waals surface area contributed by atoms with Gasteiger partial charge >= 0.3 is 0 Å². The molecule has 0 radical (unpaired) electrons. The summed E-state index contributed by atoms with van der Waals surface area (Å²) < 4.78 is 0. The molecule has 0 saturated carbocycles. The van der Waals surface area contributed by atoms with Crippen molar-refractivity contribution in [2.45, 2.75) is 33.9 Å². The lowest BCUT2D eigenvalue weighted by atomic mass is 10.0. The monoisotopic (exact) mass is 247 g/mol. The molecule has 100 valence electrons. The fourth-order valence-electron chi connectivity index (χ4n) is 2.58. The van der Waals surface area contributed by atoms with Crippen molar-refractivity contribution in [3.05, 3.63) is 29.6 Å². The Kier molecular flexibility index (Phi) is 4.72. The number of likely N-dealkylation sites (tertiary alicyclic amines) is 1. The van der Waals surface area contributed by atoms with Crippen LogP contribution in [0.25, 0.3) is 0 Å². The SMILES string of the molecule is CCNCc1cccc(CN2CC(C)C(C)C2)n1. The zero-order chi connectivity index (χ0) is 13.0. The first-order valence-electron chi connectivity index (χ1n) is 7.07. The number of aromatic nitrogens is 1. The largest absolute Gasteiger partial charge is 0.311 e. The molecule has 0 aliphatic carbocycles. The summed E-state index contributed by atoms with van der Waals surface area (Å²) in [5, 5.41) is 3.32. The summed E-state index contributed by atoms with van der Waals surface area (Å²) in [6.45, 7) is 12.1. The third-order valence-electron chi connectivity index (χ3n) is 3.87. The second kappa shape index (κ2) is 6.30. The average Bonchev–Trinajstić information content (AvgIpc) is 2.66. The summed E-state index contributed by atoms with van der Waals surface area (Å²) in [6.07, 6.45) is 0. The van der Waals surface area contributed by atoms with Gasteiger partial charge in [-0.25, -0.2) is 0 Å². The van der Waals surface area contributed by atoms with Crippen molar-refractivity contribution in [1.29, 1.82) is 0 Å². The van der Waals surface area contributed by atoms with Crippen LogP contribution in [0.4, 0.5) is 0 Å². The molecule has 0 spiro atoms. The Bertz CT molecular complexity index is 368. The van der Waals surface area contributed by atoms with E-state index in [1.165, 1.54) is 18.8 Å². The minimum Gasteiger partial charge on any atom is -0.311 e. The van der Waals surface area contributed by atoms with E-state index in [0.717, 1.165) is 37.2 Å². The Morgan fingerprint density at radius 3 is 2.56 bits per heavy atom. The number of nitrogens with zero attached hydrogens (tertiary/aromatic N) is 2. The van der Waals surface area contributed by atoms with Crippen molar-refractivity contribution in [2.24, 2.45) is 11.8 Å². The van der Waals surface area contributed by atoms with Crippen molar-refractivity contribution in [1.82, 2.24) is 15.2 Å². The van der Waals surface area contributed by atoms with E-state index >= 15 is 0 Å². The fourth-order valence-corrected chi connectivity index (χ4v) is 2.58. The van der Waals surface area contributed by atoms with Gasteiger partial charge < -0.3 is 5.32 Å². The second-order valence-electron chi connectivity index (χ2n) is 5.55. The van der Waals surface area contributed by atoms with Crippen molar-refractivity contribution in [2.75, 3.05) is 19.6 Å². The first-order valence-corrected chi connectivity index (χ1v) is 7.07. The van der Waals surface area contributed by atoms with Crippen molar-refractivity contribution in [3.63, 3.8) is 0 Å². The number of rotatable bonds is 5. The lowest BCUT2D eigenvalue weighted by Gasteiger charge is -2.15. The summed E-state index contributed by atoms with van der Waals surface area (Å²) in [4.78, 5) is 7.24. The third kappa shape index (κ3) is 3.53. The molecular formula is C15H25N3. The molecule has 0 bridgehead atoms. The first-order chi connectivity index (χ1) is 8.69. The average molecular weight is 247 g/mol. The highest BCUT2D eigenvalue weighted by molar-refractivity contribution is 5.11. The van der Waals surface area contributed by atoms with Gasteiger partial charge in [0, 0.05) is 26.2 Å². The molecule has 1 fully saturated rings. The van der Waals surface area contributed by atoms with Crippen LogP contribution >= 0.6 is 0 Å². The smallest absolute Gasteiger partial charge is 0.0547 e.